The Balaban J connectivity index is 0.00000243. The molecule has 142 valence electrons. The van der Waals surface area contributed by atoms with Crippen LogP contribution in [0.4, 0.5) is 0 Å². The first-order valence-electron chi connectivity index (χ1n) is 8.10. The third kappa shape index (κ3) is 4.60. The van der Waals surface area contributed by atoms with Crippen LogP contribution in [0.25, 0.3) is 0 Å². The molecule has 0 spiro atoms. The van der Waals surface area contributed by atoms with Gasteiger partial charge >= 0.3 is 0 Å². The number of nitrogens with zero attached hydrogens (tertiary/aromatic N) is 2. The highest BCUT2D eigenvalue weighted by molar-refractivity contribution is 6.32. The molecule has 0 radical (unpaired) electrons. The summed E-state index contributed by atoms with van der Waals surface area (Å²) >= 11 is 6.28. The Morgan fingerprint density at radius 2 is 2.15 bits per heavy atom. The molecule has 0 aliphatic carbocycles. The van der Waals surface area contributed by atoms with Crippen LogP contribution in [0.15, 0.2) is 24.5 Å². The molecule has 1 aromatic carbocycles. The third-order valence-corrected chi connectivity index (χ3v) is 4.22. The monoisotopic (exact) mass is 400 g/mol. The summed E-state index contributed by atoms with van der Waals surface area (Å²) in [5.41, 5.74) is 1.66. The second-order valence-corrected chi connectivity index (χ2v) is 6.25. The van der Waals surface area contributed by atoms with Gasteiger partial charge in [-0.05, 0) is 24.7 Å². The first kappa shape index (κ1) is 20.4. The van der Waals surface area contributed by atoms with E-state index in [-0.39, 0.29) is 18.3 Å². The molecule has 1 aliphatic heterocycles. The van der Waals surface area contributed by atoms with Gasteiger partial charge in [0.25, 0.3) is 0 Å². The van der Waals surface area contributed by atoms with Gasteiger partial charge in [0.05, 0.1) is 24.4 Å². The molecule has 1 atom stereocenters. The Kier molecular flexibility index (Phi) is 7.14. The van der Waals surface area contributed by atoms with Gasteiger partial charge in [-0.3, -0.25) is 9.48 Å². The molecule has 0 saturated carbocycles. The molecule has 1 aromatic heterocycles. The molecule has 7 nitrogen and oxygen atoms in total. The number of rotatable bonds is 5. The quantitative estimate of drug-likeness (QED) is 0.804. The topological polar surface area (TPSA) is 77.4 Å². The van der Waals surface area contributed by atoms with Crippen LogP contribution in [0.5, 0.6) is 11.5 Å². The second kappa shape index (κ2) is 9.12. The molecule has 1 aliphatic rings. The summed E-state index contributed by atoms with van der Waals surface area (Å²) in [4.78, 5) is 12.5. The van der Waals surface area contributed by atoms with Gasteiger partial charge in [-0.1, -0.05) is 11.6 Å². The number of hydrogen-bond acceptors (Lipinski definition) is 5. The van der Waals surface area contributed by atoms with Crippen LogP contribution in [0.1, 0.15) is 23.6 Å². The molecular weight excluding hydrogens is 379 g/mol. The predicted octanol–water partition coefficient (Wildman–Crippen LogP) is 2.23. The average molecular weight is 401 g/mol. The maximum Gasteiger partial charge on any atom is 0.242 e. The highest BCUT2D eigenvalue weighted by atomic mass is 35.5. The van der Waals surface area contributed by atoms with Crippen molar-refractivity contribution in [1.29, 1.82) is 0 Å². The van der Waals surface area contributed by atoms with E-state index < -0.39 is 6.04 Å². The van der Waals surface area contributed by atoms with E-state index in [1.54, 1.807) is 24.0 Å². The van der Waals surface area contributed by atoms with Crippen molar-refractivity contribution >= 4 is 29.9 Å². The molecule has 26 heavy (non-hydrogen) atoms. The van der Waals surface area contributed by atoms with Gasteiger partial charge in [0.2, 0.25) is 5.91 Å². The van der Waals surface area contributed by atoms with Gasteiger partial charge in [-0.25, -0.2) is 0 Å². The van der Waals surface area contributed by atoms with Crippen molar-refractivity contribution in [1.82, 2.24) is 20.4 Å². The summed E-state index contributed by atoms with van der Waals surface area (Å²) in [6.45, 7) is 1.51. The number of amides is 1. The van der Waals surface area contributed by atoms with Gasteiger partial charge in [-0.15, -0.1) is 12.4 Å². The molecule has 2 aromatic rings. The number of nitrogens with one attached hydrogen (secondary N) is 2. The van der Waals surface area contributed by atoms with Crippen molar-refractivity contribution in [3.63, 3.8) is 0 Å². The number of ether oxygens (including phenoxy) is 2. The molecule has 9 heteroatoms. The van der Waals surface area contributed by atoms with Crippen molar-refractivity contribution in [2.24, 2.45) is 7.05 Å². The first-order valence-corrected chi connectivity index (χ1v) is 8.48. The number of benzene rings is 1. The van der Waals surface area contributed by atoms with Crippen molar-refractivity contribution in [3.05, 3.63) is 40.7 Å². The SMILES string of the molecule is CNC(C(=O)NCc1cc(Cl)c2c(c1)OCCCO2)c1cnn(C)c1.Cl. The van der Waals surface area contributed by atoms with E-state index in [2.05, 4.69) is 15.7 Å². The predicted molar refractivity (Wildman–Crippen MR) is 101 cm³/mol. The van der Waals surface area contributed by atoms with Gasteiger partial charge in [0.15, 0.2) is 11.5 Å². The second-order valence-electron chi connectivity index (χ2n) is 5.84. The zero-order valence-electron chi connectivity index (χ0n) is 14.6. The Bertz CT molecular complexity index is 766. The van der Waals surface area contributed by atoms with E-state index in [0.717, 1.165) is 17.5 Å². The van der Waals surface area contributed by atoms with Crippen molar-refractivity contribution in [2.75, 3.05) is 20.3 Å². The number of carbonyl (C=O) groups is 1. The Labute approximate surface area is 163 Å². The Hall–Kier alpha value is -1.96. The van der Waals surface area contributed by atoms with Gasteiger partial charge in [0, 0.05) is 31.8 Å². The maximum atomic E-state index is 12.5. The minimum absolute atomic E-state index is 0. The van der Waals surface area contributed by atoms with Gasteiger partial charge < -0.3 is 20.1 Å². The van der Waals surface area contributed by atoms with E-state index in [1.807, 2.05) is 19.3 Å². The summed E-state index contributed by atoms with van der Waals surface area (Å²) in [6.07, 6.45) is 4.29. The van der Waals surface area contributed by atoms with Crippen LogP contribution in [-0.2, 0) is 18.4 Å². The van der Waals surface area contributed by atoms with Gasteiger partial charge in [0.1, 0.15) is 6.04 Å². The number of carbonyl (C=O) groups excluding carboxylic acids is 1. The fourth-order valence-electron chi connectivity index (χ4n) is 2.72. The molecular formula is C17H22Cl2N4O3. The largest absolute Gasteiger partial charge is 0.489 e. The van der Waals surface area contributed by atoms with Crippen LogP contribution in [0.3, 0.4) is 0 Å². The normalized spacial score (nSPS) is 14.1. The van der Waals surface area contributed by atoms with E-state index in [9.17, 15) is 4.79 Å². The minimum atomic E-state index is -0.468. The maximum absolute atomic E-state index is 12.5. The molecule has 1 amide bonds. The first-order chi connectivity index (χ1) is 12.1. The molecule has 0 saturated heterocycles. The molecule has 2 N–H and O–H groups in total. The van der Waals surface area contributed by atoms with E-state index in [0.29, 0.717) is 36.3 Å². The van der Waals surface area contributed by atoms with Crippen LogP contribution in [0, 0.1) is 0 Å². The summed E-state index contributed by atoms with van der Waals surface area (Å²) in [6, 6.07) is 3.17. The lowest BCUT2D eigenvalue weighted by Crippen LogP contribution is -2.35. The average Bonchev–Trinajstić information content (AvgIpc) is 2.87. The summed E-state index contributed by atoms with van der Waals surface area (Å²) < 4.78 is 12.9. The zero-order chi connectivity index (χ0) is 17.8. The standard InChI is InChI=1S/C17H21ClN4O3.ClH/c1-19-15(12-9-21-22(2)10-12)17(23)20-8-11-6-13(18)16-14(7-11)24-4-3-5-25-16;/h6-7,9-10,15,19H,3-5,8H2,1-2H3,(H,20,23);1H. The fourth-order valence-corrected chi connectivity index (χ4v) is 3.00. The van der Waals surface area contributed by atoms with E-state index >= 15 is 0 Å². The smallest absolute Gasteiger partial charge is 0.242 e. The Morgan fingerprint density at radius 3 is 2.85 bits per heavy atom. The number of likely N-dealkylation sites (N-methyl/N-ethyl adjacent to an activating group) is 1. The van der Waals surface area contributed by atoms with Crippen molar-refractivity contribution in [2.45, 2.75) is 19.0 Å². The van der Waals surface area contributed by atoms with Crippen molar-refractivity contribution < 1.29 is 14.3 Å². The number of aryl methyl sites for hydroxylation is 1. The van der Waals surface area contributed by atoms with E-state index in [4.69, 9.17) is 21.1 Å². The van der Waals surface area contributed by atoms with Gasteiger partial charge in [-0.2, -0.15) is 5.10 Å². The number of halogens is 2. The summed E-state index contributed by atoms with van der Waals surface area (Å²) in [5.74, 6) is 1.04. The lowest BCUT2D eigenvalue weighted by molar-refractivity contribution is -0.123. The van der Waals surface area contributed by atoms with Crippen LogP contribution in [-0.4, -0.2) is 35.9 Å². The third-order valence-electron chi connectivity index (χ3n) is 3.94. The molecule has 3 rings (SSSR count). The molecule has 1 unspecified atom stereocenters. The molecule has 0 bridgehead atoms. The molecule has 0 fully saturated rings. The zero-order valence-corrected chi connectivity index (χ0v) is 16.2. The number of aromatic nitrogens is 2. The lowest BCUT2D eigenvalue weighted by atomic mass is 10.1. The highest BCUT2D eigenvalue weighted by Gasteiger charge is 2.21. The minimum Gasteiger partial charge on any atom is -0.489 e. The Morgan fingerprint density at radius 1 is 1.38 bits per heavy atom. The lowest BCUT2D eigenvalue weighted by Gasteiger charge is -2.16. The number of hydrogen-bond donors (Lipinski definition) is 2. The van der Waals surface area contributed by atoms with Crippen LogP contribution >= 0.6 is 24.0 Å². The number of fused-ring (bicyclic) bond motifs is 1. The van der Waals surface area contributed by atoms with Crippen molar-refractivity contribution in [3.8, 4) is 11.5 Å². The summed E-state index contributed by atoms with van der Waals surface area (Å²) in [7, 11) is 3.55. The highest BCUT2D eigenvalue weighted by Crippen LogP contribution is 2.37. The summed E-state index contributed by atoms with van der Waals surface area (Å²) in [5, 5.41) is 10.5. The van der Waals surface area contributed by atoms with Crippen LogP contribution < -0.4 is 20.1 Å². The molecule has 2 heterocycles. The van der Waals surface area contributed by atoms with Crippen LogP contribution in [0.2, 0.25) is 5.02 Å². The fraction of sp³-hybridized carbons (Fsp3) is 0.412. The van der Waals surface area contributed by atoms with E-state index in [1.165, 1.54) is 0 Å².